The fourth-order valence-corrected chi connectivity index (χ4v) is 2.23. The molecule has 0 amide bonds. The van der Waals surface area contributed by atoms with Crippen molar-refractivity contribution in [3.63, 3.8) is 0 Å². The molecule has 1 heterocycles. The zero-order valence-corrected chi connectivity index (χ0v) is 8.54. The number of aromatic nitrogens is 1. The molecule has 1 aromatic heterocycles. The number of anilines is 1. The molecule has 0 saturated heterocycles. The van der Waals surface area contributed by atoms with Gasteiger partial charge < -0.3 is 5.73 Å². The van der Waals surface area contributed by atoms with E-state index in [1.807, 2.05) is 0 Å². The standard InChI is InChI=1S/C9H7F3N2S/c1-4-2-5(9(10,11)12)3-6-7(4)14-8(13)15-6/h2-3H,1H3,(H2,13,14). The topological polar surface area (TPSA) is 38.9 Å². The molecule has 0 bridgehead atoms. The molecular weight excluding hydrogens is 225 g/mol. The van der Waals surface area contributed by atoms with Crippen molar-refractivity contribution in [1.82, 2.24) is 4.98 Å². The Bertz CT molecular complexity index is 516. The van der Waals surface area contributed by atoms with Gasteiger partial charge in [0, 0.05) is 0 Å². The Labute approximate surface area is 87.5 Å². The van der Waals surface area contributed by atoms with Crippen molar-refractivity contribution in [3.8, 4) is 0 Å². The molecule has 0 aliphatic heterocycles. The summed E-state index contributed by atoms with van der Waals surface area (Å²) in [4.78, 5) is 3.96. The van der Waals surface area contributed by atoms with Gasteiger partial charge in [0.2, 0.25) is 0 Å². The molecule has 0 spiro atoms. The number of nitrogen functional groups attached to an aromatic ring is 1. The van der Waals surface area contributed by atoms with Crippen molar-refractivity contribution < 1.29 is 13.2 Å². The Hall–Kier alpha value is -1.30. The Morgan fingerprint density at radius 3 is 2.60 bits per heavy atom. The van der Waals surface area contributed by atoms with Crippen LogP contribution in [0.15, 0.2) is 12.1 Å². The van der Waals surface area contributed by atoms with Gasteiger partial charge >= 0.3 is 6.18 Å². The van der Waals surface area contributed by atoms with Crippen molar-refractivity contribution in [2.45, 2.75) is 13.1 Å². The number of thiazole rings is 1. The molecule has 2 aromatic rings. The molecule has 0 saturated carbocycles. The second kappa shape index (κ2) is 3.10. The smallest absolute Gasteiger partial charge is 0.375 e. The summed E-state index contributed by atoms with van der Waals surface area (Å²) in [6.45, 7) is 1.59. The number of hydrogen-bond donors (Lipinski definition) is 1. The number of aryl methyl sites for hydroxylation is 1. The predicted molar refractivity (Wildman–Crippen MR) is 53.8 cm³/mol. The van der Waals surface area contributed by atoms with Crippen LogP contribution in [-0.2, 0) is 6.18 Å². The monoisotopic (exact) mass is 232 g/mol. The maximum absolute atomic E-state index is 12.5. The van der Waals surface area contributed by atoms with Crippen molar-refractivity contribution in [3.05, 3.63) is 23.3 Å². The first-order valence-corrected chi connectivity index (χ1v) is 4.93. The molecule has 2 nitrogen and oxygen atoms in total. The summed E-state index contributed by atoms with van der Waals surface area (Å²) in [7, 11) is 0. The van der Waals surface area contributed by atoms with E-state index in [4.69, 9.17) is 5.73 Å². The number of nitrogens with two attached hydrogens (primary N) is 1. The summed E-state index contributed by atoms with van der Waals surface area (Å²) in [6.07, 6.45) is -4.32. The summed E-state index contributed by atoms with van der Waals surface area (Å²) in [5.41, 5.74) is 5.83. The lowest BCUT2D eigenvalue weighted by Crippen LogP contribution is -2.04. The van der Waals surface area contributed by atoms with Gasteiger partial charge in [0.15, 0.2) is 5.13 Å². The average Bonchev–Trinajstić information content (AvgIpc) is 2.44. The highest BCUT2D eigenvalue weighted by molar-refractivity contribution is 7.22. The van der Waals surface area contributed by atoms with Gasteiger partial charge in [-0.15, -0.1) is 0 Å². The summed E-state index contributed by atoms with van der Waals surface area (Å²) in [5, 5.41) is 0.285. The van der Waals surface area contributed by atoms with Gasteiger partial charge in [-0.3, -0.25) is 0 Å². The maximum atomic E-state index is 12.5. The van der Waals surface area contributed by atoms with E-state index in [-0.39, 0.29) is 5.13 Å². The third-order valence-corrected chi connectivity index (χ3v) is 2.86. The lowest BCUT2D eigenvalue weighted by Gasteiger charge is -2.07. The van der Waals surface area contributed by atoms with Gasteiger partial charge in [0.05, 0.1) is 15.8 Å². The van der Waals surface area contributed by atoms with E-state index in [0.717, 1.165) is 23.5 Å². The molecule has 0 unspecified atom stereocenters. The molecule has 80 valence electrons. The second-order valence-corrected chi connectivity index (χ2v) is 4.25. The average molecular weight is 232 g/mol. The first-order valence-electron chi connectivity index (χ1n) is 4.12. The fraction of sp³-hybridized carbons (Fsp3) is 0.222. The Kier molecular flexibility index (Phi) is 2.11. The minimum absolute atomic E-state index is 0.285. The fourth-order valence-electron chi connectivity index (χ4n) is 1.38. The number of halogens is 3. The maximum Gasteiger partial charge on any atom is 0.416 e. The molecule has 1 aromatic carbocycles. The van der Waals surface area contributed by atoms with Crippen molar-refractivity contribution >= 4 is 26.7 Å². The molecule has 0 radical (unpaired) electrons. The van der Waals surface area contributed by atoms with Gasteiger partial charge in [-0.05, 0) is 24.6 Å². The van der Waals surface area contributed by atoms with Gasteiger partial charge in [-0.1, -0.05) is 11.3 Å². The van der Waals surface area contributed by atoms with Crippen molar-refractivity contribution in [2.75, 3.05) is 5.73 Å². The highest BCUT2D eigenvalue weighted by Gasteiger charge is 2.31. The number of alkyl halides is 3. The highest BCUT2D eigenvalue weighted by atomic mass is 32.1. The van der Waals surface area contributed by atoms with Crippen LogP contribution in [0.3, 0.4) is 0 Å². The lowest BCUT2D eigenvalue weighted by molar-refractivity contribution is -0.137. The minimum atomic E-state index is -4.32. The van der Waals surface area contributed by atoms with E-state index in [2.05, 4.69) is 4.98 Å². The van der Waals surface area contributed by atoms with Crippen LogP contribution in [0.4, 0.5) is 18.3 Å². The zero-order chi connectivity index (χ0) is 11.2. The zero-order valence-electron chi connectivity index (χ0n) is 7.72. The molecule has 0 aliphatic rings. The van der Waals surface area contributed by atoms with E-state index >= 15 is 0 Å². The van der Waals surface area contributed by atoms with Crippen LogP contribution in [0, 0.1) is 6.92 Å². The molecule has 15 heavy (non-hydrogen) atoms. The SMILES string of the molecule is Cc1cc(C(F)(F)F)cc2sc(N)nc12. The number of benzene rings is 1. The van der Waals surface area contributed by atoms with E-state index in [1.165, 1.54) is 0 Å². The number of nitrogens with zero attached hydrogens (tertiary/aromatic N) is 1. The van der Waals surface area contributed by atoms with Crippen LogP contribution < -0.4 is 5.73 Å². The molecule has 0 fully saturated rings. The van der Waals surface area contributed by atoms with Crippen LogP contribution in [-0.4, -0.2) is 4.98 Å². The van der Waals surface area contributed by atoms with Crippen molar-refractivity contribution in [2.24, 2.45) is 0 Å². The molecule has 6 heteroatoms. The van der Waals surface area contributed by atoms with Crippen molar-refractivity contribution in [1.29, 1.82) is 0 Å². The van der Waals surface area contributed by atoms with Crippen LogP contribution >= 0.6 is 11.3 Å². The number of fused-ring (bicyclic) bond motifs is 1. The third kappa shape index (κ3) is 1.77. The summed E-state index contributed by atoms with van der Waals surface area (Å²) in [5.74, 6) is 0. The van der Waals surface area contributed by atoms with Crippen LogP contribution in [0.1, 0.15) is 11.1 Å². The van der Waals surface area contributed by atoms with E-state index in [0.29, 0.717) is 15.8 Å². The Morgan fingerprint density at radius 2 is 2.00 bits per heavy atom. The van der Waals surface area contributed by atoms with Gasteiger partial charge in [-0.25, -0.2) is 4.98 Å². The van der Waals surface area contributed by atoms with Crippen LogP contribution in [0.5, 0.6) is 0 Å². The van der Waals surface area contributed by atoms with E-state index < -0.39 is 11.7 Å². The number of rotatable bonds is 0. The normalized spacial score (nSPS) is 12.3. The van der Waals surface area contributed by atoms with E-state index in [9.17, 15) is 13.2 Å². The summed E-state index contributed by atoms with van der Waals surface area (Å²) >= 11 is 1.06. The first-order chi connectivity index (χ1) is 6.88. The quantitative estimate of drug-likeness (QED) is 0.757. The van der Waals surface area contributed by atoms with Crippen LogP contribution in [0.2, 0.25) is 0 Å². The molecule has 0 aliphatic carbocycles. The number of hydrogen-bond acceptors (Lipinski definition) is 3. The Morgan fingerprint density at radius 1 is 1.33 bits per heavy atom. The molecule has 2 N–H and O–H groups in total. The van der Waals surface area contributed by atoms with Crippen LogP contribution in [0.25, 0.3) is 10.2 Å². The summed E-state index contributed by atoms with van der Waals surface area (Å²) < 4.78 is 37.8. The van der Waals surface area contributed by atoms with E-state index in [1.54, 1.807) is 6.92 Å². The summed E-state index contributed by atoms with van der Waals surface area (Å²) in [6, 6.07) is 2.16. The van der Waals surface area contributed by atoms with Gasteiger partial charge in [0.1, 0.15) is 0 Å². The first kappa shape index (κ1) is 10.2. The minimum Gasteiger partial charge on any atom is -0.375 e. The molecular formula is C9H7F3N2S. The molecule has 0 atom stereocenters. The van der Waals surface area contributed by atoms with Gasteiger partial charge in [0.25, 0.3) is 0 Å². The lowest BCUT2D eigenvalue weighted by atomic mass is 10.1. The highest BCUT2D eigenvalue weighted by Crippen LogP contribution is 2.35. The largest absolute Gasteiger partial charge is 0.416 e. The Balaban J connectivity index is 2.72. The molecule has 2 rings (SSSR count). The predicted octanol–water partition coefficient (Wildman–Crippen LogP) is 3.21. The van der Waals surface area contributed by atoms with Gasteiger partial charge in [-0.2, -0.15) is 13.2 Å². The second-order valence-electron chi connectivity index (χ2n) is 3.19. The third-order valence-electron chi connectivity index (χ3n) is 2.03.